The number of carbonyl (C=O) groups is 2. The van der Waals surface area contributed by atoms with Crippen molar-refractivity contribution in [3.05, 3.63) is 28.2 Å². The molecule has 0 saturated carbocycles. The van der Waals surface area contributed by atoms with Crippen LogP contribution in [0.15, 0.2) is 18.2 Å². The highest BCUT2D eigenvalue weighted by Crippen LogP contribution is 2.32. The molecule has 2 aliphatic heterocycles. The van der Waals surface area contributed by atoms with Gasteiger partial charge < -0.3 is 19.3 Å². The van der Waals surface area contributed by atoms with Crippen LogP contribution in [-0.4, -0.2) is 60.7 Å². The van der Waals surface area contributed by atoms with Crippen LogP contribution in [0.4, 0.5) is 4.79 Å². The molecule has 2 amide bonds. The first-order valence-electron chi connectivity index (χ1n) is 7.68. The number of rotatable bonds is 3. The lowest BCUT2D eigenvalue weighted by Gasteiger charge is -2.37. The second-order valence-electron chi connectivity index (χ2n) is 6.15. The summed E-state index contributed by atoms with van der Waals surface area (Å²) in [6, 6.07) is 4.86. The minimum Gasteiger partial charge on any atom is -0.482 e. The second-order valence-corrected chi connectivity index (χ2v) is 6.99. The smallest absolute Gasteiger partial charge is 0.410 e. The third kappa shape index (κ3) is 3.54. The quantitative estimate of drug-likeness (QED) is 0.818. The molecular weight excluding hydrogens is 355 g/mol. The van der Waals surface area contributed by atoms with Crippen molar-refractivity contribution in [2.24, 2.45) is 0 Å². The predicted molar refractivity (Wildman–Crippen MR) is 89.6 cm³/mol. The molecule has 2 fully saturated rings. The number of ether oxygens (including phenoxy) is 2. The van der Waals surface area contributed by atoms with Gasteiger partial charge in [-0.1, -0.05) is 23.2 Å². The van der Waals surface area contributed by atoms with E-state index in [0.717, 1.165) is 0 Å². The number of halogens is 2. The SMILES string of the molecule is CN1CC2(CCN(C(=O)COc3ccc(Cl)cc3Cl)CC2)OC1=O. The first-order valence-corrected chi connectivity index (χ1v) is 8.44. The zero-order valence-electron chi connectivity index (χ0n) is 13.3. The maximum atomic E-state index is 12.3. The van der Waals surface area contributed by atoms with Crippen molar-refractivity contribution in [1.82, 2.24) is 9.80 Å². The van der Waals surface area contributed by atoms with Gasteiger partial charge in [-0.15, -0.1) is 0 Å². The number of nitrogens with zero attached hydrogens (tertiary/aromatic N) is 2. The van der Waals surface area contributed by atoms with E-state index in [1.807, 2.05) is 0 Å². The second kappa shape index (κ2) is 6.69. The minimum atomic E-state index is -0.455. The summed E-state index contributed by atoms with van der Waals surface area (Å²) >= 11 is 11.8. The molecule has 2 heterocycles. The van der Waals surface area contributed by atoms with Gasteiger partial charge in [0.15, 0.2) is 6.61 Å². The number of likely N-dealkylation sites (tertiary alicyclic amines) is 1. The minimum absolute atomic E-state index is 0.0892. The Hall–Kier alpha value is -1.66. The van der Waals surface area contributed by atoms with Gasteiger partial charge in [-0.25, -0.2) is 4.79 Å². The van der Waals surface area contributed by atoms with Crippen molar-refractivity contribution in [3.8, 4) is 5.75 Å². The van der Waals surface area contributed by atoms with Crippen LogP contribution >= 0.6 is 23.2 Å². The highest BCUT2D eigenvalue weighted by atomic mass is 35.5. The number of likely N-dealkylation sites (N-methyl/N-ethyl adjacent to an activating group) is 1. The summed E-state index contributed by atoms with van der Waals surface area (Å²) in [4.78, 5) is 27.2. The summed E-state index contributed by atoms with van der Waals surface area (Å²) in [5.74, 6) is 0.308. The Morgan fingerprint density at radius 1 is 1.33 bits per heavy atom. The molecule has 3 rings (SSSR count). The molecule has 0 aromatic heterocycles. The molecule has 0 aliphatic carbocycles. The van der Waals surface area contributed by atoms with E-state index in [4.69, 9.17) is 32.7 Å². The Labute approximate surface area is 150 Å². The van der Waals surface area contributed by atoms with Crippen molar-refractivity contribution in [2.75, 3.05) is 33.3 Å². The van der Waals surface area contributed by atoms with Gasteiger partial charge in [0.05, 0.1) is 11.6 Å². The zero-order chi connectivity index (χ0) is 17.3. The number of hydrogen-bond donors (Lipinski definition) is 0. The van der Waals surface area contributed by atoms with Gasteiger partial charge in [-0.3, -0.25) is 4.79 Å². The van der Waals surface area contributed by atoms with E-state index in [1.165, 1.54) is 0 Å². The Kier molecular flexibility index (Phi) is 4.78. The molecular formula is C16H18Cl2N2O4. The molecule has 0 atom stereocenters. The molecule has 1 aromatic carbocycles. The summed E-state index contributed by atoms with van der Waals surface area (Å²) in [7, 11) is 1.72. The molecule has 0 radical (unpaired) electrons. The molecule has 0 N–H and O–H groups in total. The van der Waals surface area contributed by atoms with Crippen LogP contribution in [0.3, 0.4) is 0 Å². The molecule has 6 nitrogen and oxygen atoms in total. The molecule has 130 valence electrons. The molecule has 1 spiro atoms. The predicted octanol–water partition coefficient (Wildman–Crippen LogP) is 2.82. The first kappa shape index (κ1) is 17.2. The van der Waals surface area contributed by atoms with Crippen LogP contribution in [0.5, 0.6) is 5.75 Å². The number of amides is 2. The normalized spacial score (nSPS) is 19.5. The monoisotopic (exact) mass is 372 g/mol. The summed E-state index contributed by atoms with van der Waals surface area (Å²) in [5.41, 5.74) is -0.455. The first-order chi connectivity index (χ1) is 11.4. The Bertz CT molecular complexity index is 659. The van der Waals surface area contributed by atoms with Gasteiger partial charge in [0.1, 0.15) is 11.4 Å². The molecule has 0 unspecified atom stereocenters. The molecule has 8 heteroatoms. The lowest BCUT2D eigenvalue weighted by molar-refractivity contribution is -0.136. The summed E-state index contributed by atoms with van der Waals surface area (Å²) in [6.07, 6.45) is 0.975. The fourth-order valence-electron chi connectivity index (χ4n) is 3.04. The number of benzene rings is 1. The van der Waals surface area contributed by atoms with Crippen molar-refractivity contribution in [3.63, 3.8) is 0 Å². The van der Waals surface area contributed by atoms with Crippen molar-refractivity contribution in [2.45, 2.75) is 18.4 Å². The van der Waals surface area contributed by atoms with Crippen LogP contribution in [0.1, 0.15) is 12.8 Å². The van der Waals surface area contributed by atoms with Gasteiger partial charge in [0, 0.05) is 38.0 Å². The lowest BCUT2D eigenvalue weighted by Crippen LogP contribution is -2.49. The van der Waals surface area contributed by atoms with E-state index in [9.17, 15) is 9.59 Å². The highest BCUT2D eigenvalue weighted by Gasteiger charge is 2.46. The zero-order valence-corrected chi connectivity index (χ0v) is 14.8. The average Bonchev–Trinajstić information content (AvgIpc) is 2.81. The van der Waals surface area contributed by atoms with Crippen molar-refractivity contribution >= 4 is 35.2 Å². The van der Waals surface area contributed by atoms with Crippen LogP contribution in [0.25, 0.3) is 0 Å². The highest BCUT2D eigenvalue weighted by molar-refractivity contribution is 6.35. The van der Waals surface area contributed by atoms with Gasteiger partial charge in [0.25, 0.3) is 5.91 Å². The molecule has 2 saturated heterocycles. The maximum absolute atomic E-state index is 12.3. The Morgan fingerprint density at radius 3 is 2.62 bits per heavy atom. The van der Waals surface area contributed by atoms with Crippen molar-refractivity contribution < 1.29 is 19.1 Å². The topological polar surface area (TPSA) is 59.1 Å². The molecule has 0 bridgehead atoms. The Morgan fingerprint density at radius 2 is 2.04 bits per heavy atom. The molecule has 2 aliphatic rings. The van der Waals surface area contributed by atoms with E-state index in [2.05, 4.69) is 0 Å². The third-order valence-electron chi connectivity index (χ3n) is 4.41. The third-order valence-corrected chi connectivity index (χ3v) is 4.94. The van der Waals surface area contributed by atoms with Gasteiger partial charge in [0.2, 0.25) is 0 Å². The number of carbonyl (C=O) groups excluding carboxylic acids is 2. The van der Waals surface area contributed by atoms with Gasteiger partial charge in [-0.2, -0.15) is 0 Å². The van der Waals surface area contributed by atoms with E-state index in [1.54, 1.807) is 35.0 Å². The number of hydrogen-bond acceptors (Lipinski definition) is 4. The summed E-state index contributed by atoms with van der Waals surface area (Å²) < 4.78 is 11.0. The average molecular weight is 373 g/mol. The van der Waals surface area contributed by atoms with Crippen molar-refractivity contribution in [1.29, 1.82) is 0 Å². The molecule has 24 heavy (non-hydrogen) atoms. The summed E-state index contributed by atoms with van der Waals surface area (Å²) in [5, 5.41) is 0.880. The standard InChI is InChI=1S/C16H18Cl2N2O4/c1-19-10-16(24-15(19)22)4-6-20(7-5-16)14(21)9-23-13-3-2-11(17)8-12(13)18/h2-3,8H,4-7,9-10H2,1H3. The van der Waals surface area contributed by atoms with Crippen LogP contribution < -0.4 is 4.74 Å². The maximum Gasteiger partial charge on any atom is 0.410 e. The van der Waals surface area contributed by atoms with E-state index < -0.39 is 5.60 Å². The van der Waals surface area contributed by atoms with Crippen LogP contribution in [0, 0.1) is 0 Å². The molecule has 1 aromatic rings. The van der Waals surface area contributed by atoms with E-state index in [-0.39, 0.29) is 18.6 Å². The largest absolute Gasteiger partial charge is 0.482 e. The van der Waals surface area contributed by atoms with Gasteiger partial charge >= 0.3 is 6.09 Å². The van der Waals surface area contributed by atoms with Crippen LogP contribution in [0.2, 0.25) is 10.0 Å². The van der Waals surface area contributed by atoms with Gasteiger partial charge in [-0.05, 0) is 18.2 Å². The Balaban J connectivity index is 1.51. The van der Waals surface area contributed by atoms with E-state index in [0.29, 0.717) is 48.3 Å². The lowest BCUT2D eigenvalue weighted by atomic mass is 9.91. The summed E-state index contributed by atoms with van der Waals surface area (Å²) in [6.45, 7) is 1.56. The number of piperidine rings is 1. The fourth-order valence-corrected chi connectivity index (χ4v) is 3.50. The van der Waals surface area contributed by atoms with E-state index >= 15 is 0 Å². The fraction of sp³-hybridized carbons (Fsp3) is 0.500. The van der Waals surface area contributed by atoms with Crippen LogP contribution in [-0.2, 0) is 9.53 Å².